The van der Waals surface area contributed by atoms with Crippen LogP contribution in [-0.2, 0) is 0 Å². The summed E-state index contributed by atoms with van der Waals surface area (Å²) in [5.74, 6) is 0. The molecule has 3 heteroatoms. The van der Waals surface area contributed by atoms with E-state index in [1.54, 1.807) is 0 Å². The number of para-hydroxylation sites is 4. The minimum atomic E-state index is 0.876. The smallest absolute Gasteiger partial charge is 0.161 e. The Hall–Kier alpha value is -6.32. The fourth-order valence-corrected chi connectivity index (χ4v) is 7.34. The Balaban J connectivity index is 1.20. The number of benzene rings is 7. The molecule has 10 aromatic rings. The first-order chi connectivity index (χ1) is 23.3. The predicted molar refractivity (Wildman–Crippen MR) is 194 cm³/mol. The lowest BCUT2D eigenvalue weighted by Crippen LogP contribution is -1.93. The van der Waals surface area contributed by atoms with Gasteiger partial charge in [0.1, 0.15) is 22.3 Å². The third-order valence-corrected chi connectivity index (χ3v) is 9.41. The van der Waals surface area contributed by atoms with Gasteiger partial charge in [0.15, 0.2) is 5.58 Å². The summed E-state index contributed by atoms with van der Waals surface area (Å²) in [7, 11) is 0. The third kappa shape index (κ3) is 3.87. The zero-order valence-corrected chi connectivity index (χ0v) is 25.4. The molecule has 0 saturated heterocycles. The molecule has 7 aromatic carbocycles. The molecule has 0 saturated carbocycles. The maximum absolute atomic E-state index is 6.76. The van der Waals surface area contributed by atoms with Crippen LogP contribution in [-0.4, -0.2) is 4.57 Å². The van der Waals surface area contributed by atoms with Crippen LogP contribution >= 0.6 is 0 Å². The van der Waals surface area contributed by atoms with Crippen LogP contribution in [0.25, 0.3) is 94.0 Å². The Morgan fingerprint density at radius 2 is 0.936 bits per heavy atom. The Labute approximate surface area is 270 Å². The topological polar surface area (TPSA) is 31.2 Å². The number of fused-ring (bicyclic) bond motifs is 8. The molecule has 47 heavy (non-hydrogen) atoms. The van der Waals surface area contributed by atoms with Crippen LogP contribution in [0.3, 0.4) is 0 Å². The molecule has 0 radical (unpaired) electrons. The van der Waals surface area contributed by atoms with E-state index in [-0.39, 0.29) is 0 Å². The second-order valence-corrected chi connectivity index (χ2v) is 12.1. The van der Waals surface area contributed by atoms with Crippen LogP contribution in [0, 0.1) is 0 Å². The molecule has 3 heterocycles. The predicted octanol–water partition coefficient (Wildman–Crippen LogP) is 12.4. The third-order valence-electron chi connectivity index (χ3n) is 9.41. The molecule has 0 aliphatic heterocycles. The van der Waals surface area contributed by atoms with Gasteiger partial charge in [-0.2, -0.15) is 0 Å². The van der Waals surface area contributed by atoms with Gasteiger partial charge in [-0.3, -0.25) is 0 Å². The molecule has 0 bridgehead atoms. The molecule has 0 unspecified atom stereocenters. The summed E-state index contributed by atoms with van der Waals surface area (Å²) in [6.45, 7) is 0. The highest BCUT2D eigenvalue weighted by molar-refractivity contribution is 6.20. The quantitative estimate of drug-likeness (QED) is 0.201. The van der Waals surface area contributed by atoms with Crippen molar-refractivity contribution in [3.8, 4) is 39.1 Å². The Bertz CT molecular complexity index is 2780. The lowest BCUT2D eigenvalue weighted by atomic mass is 9.95. The van der Waals surface area contributed by atoms with E-state index in [4.69, 9.17) is 8.83 Å². The van der Waals surface area contributed by atoms with Crippen molar-refractivity contribution in [2.75, 3.05) is 0 Å². The zero-order chi connectivity index (χ0) is 30.9. The van der Waals surface area contributed by atoms with E-state index in [1.807, 2.05) is 6.07 Å². The van der Waals surface area contributed by atoms with Gasteiger partial charge in [-0.1, -0.05) is 127 Å². The first-order valence-electron chi connectivity index (χ1n) is 15.9. The standard InChI is InChI=1S/C44H27NO2/c1-3-13-28(14-4-1)33-21-10-23-35-36-24-11-22-34(43(36)47-42(33)35)30-16-9-15-29(27-30)32-20-12-26-39-40(32)41-44(46-39)37-19-7-8-25-38(37)45(41)31-17-5-2-6-18-31/h1-27H. The van der Waals surface area contributed by atoms with Crippen LogP contribution in [0.1, 0.15) is 0 Å². The van der Waals surface area contributed by atoms with Crippen molar-refractivity contribution in [2.24, 2.45) is 0 Å². The minimum Gasteiger partial charge on any atom is -0.455 e. The molecule has 3 nitrogen and oxygen atoms in total. The van der Waals surface area contributed by atoms with E-state index in [2.05, 4.69) is 162 Å². The lowest BCUT2D eigenvalue weighted by Gasteiger charge is -2.10. The number of hydrogen-bond donors (Lipinski definition) is 0. The van der Waals surface area contributed by atoms with Crippen molar-refractivity contribution in [3.05, 3.63) is 164 Å². The normalized spacial score (nSPS) is 11.8. The van der Waals surface area contributed by atoms with Crippen LogP contribution in [0.15, 0.2) is 173 Å². The van der Waals surface area contributed by atoms with E-state index in [9.17, 15) is 0 Å². The van der Waals surface area contributed by atoms with Gasteiger partial charge < -0.3 is 13.4 Å². The van der Waals surface area contributed by atoms with Crippen molar-refractivity contribution < 1.29 is 8.83 Å². The fraction of sp³-hybridized carbons (Fsp3) is 0. The molecule has 0 amide bonds. The molecule has 0 N–H and O–H groups in total. The number of aromatic nitrogens is 1. The summed E-state index contributed by atoms with van der Waals surface area (Å²) in [4.78, 5) is 0. The van der Waals surface area contributed by atoms with Crippen molar-refractivity contribution in [3.63, 3.8) is 0 Å². The highest BCUT2D eigenvalue weighted by Crippen LogP contribution is 2.44. The molecule has 0 aliphatic rings. The van der Waals surface area contributed by atoms with Gasteiger partial charge in [-0.15, -0.1) is 0 Å². The van der Waals surface area contributed by atoms with Gasteiger partial charge in [-0.05, 0) is 58.7 Å². The van der Waals surface area contributed by atoms with E-state index in [0.29, 0.717) is 0 Å². The van der Waals surface area contributed by atoms with Gasteiger partial charge in [-0.25, -0.2) is 0 Å². The first-order valence-corrected chi connectivity index (χ1v) is 15.9. The largest absolute Gasteiger partial charge is 0.455 e. The van der Waals surface area contributed by atoms with Gasteiger partial charge in [0.05, 0.1) is 10.9 Å². The second kappa shape index (κ2) is 10.1. The highest BCUT2D eigenvalue weighted by Gasteiger charge is 2.22. The average Bonchev–Trinajstić information content (AvgIpc) is 3.81. The average molecular weight is 602 g/mol. The van der Waals surface area contributed by atoms with E-state index in [1.165, 1.54) is 0 Å². The maximum Gasteiger partial charge on any atom is 0.161 e. The van der Waals surface area contributed by atoms with Crippen LogP contribution < -0.4 is 0 Å². The van der Waals surface area contributed by atoms with Gasteiger partial charge in [0.25, 0.3) is 0 Å². The number of rotatable bonds is 4. The SMILES string of the molecule is c1ccc(-c2cccc3c2oc2c(-c4cccc(-c5cccc6oc7c8ccccc8n(-c8ccccc8)c7c56)c4)cccc23)cc1. The van der Waals surface area contributed by atoms with E-state index >= 15 is 0 Å². The maximum atomic E-state index is 6.76. The number of nitrogens with zero attached hydrogens (tertiary/aromatic N) is 1. The summed E-state index contributed by atoms with van der Waals surface area (Å²) < 4.78 is 15.7. The molecule has 0 aliphatic carbocycles. The summed E-state index contributed by atoms with van der Waals surface area (Å²) in [5.41, 5.74) is 13.6. The van der Waals surface area contributed by atoms with Crippen LogP contribution in [0.4, 0.5) is 0 Å². The number of furan rings is 2. The summed E-state index contributed by atoms with van der Waals surface area (Å²) >= 11 is 0. The van der Waals surface area contributed by atoms with Crippen LogP contribution in [0.5, 0.6) is 0 Å². The highest BCUT2D eigenvalue weighted by atomic mass is 16.3. The zero-order valence-electron chi connectivity index (χ0n) is 25.4. The Morgan fingerprint density at radius 1 is 0.383 bits per heavy atom. The first kappa shape index (κ1) is 26.0. The van der Waals surface area contributed by atoms with Crippen LogP contribution in [0.2, 0.25) is 0 Å². The number of hydrogen-bond acceptors (Lipinski definition) is 2. The molecule has 3 aromatic heterocycles. The van der Waals surface area contributed by atoms with E-state index < -0.39 is 0 Å². The molecular weight excluding hydrogens is 574 g/mol. The van der Waals surface area contributed by atoms with Crippen molar-refractivity contribution >= 4 is 54.9 Å². The fourth-order valence-electron chi connectivity index (χ4n) is 7.34. The molecule has 220 valence electrons. The molecule has 0 atom stereocenters. The van der Waals surface area contributed by atoms with Crippen molar-refractivity contribution in [2.45, 2.75) is 0 Å². The summed E-state index contributed by atoms with van der Waals surface area (Å²) in [6, 6.07) is 57.5. The lowest BCUT2D eigenvalue weighted by molar-refractivity contribution is 0.671. The van der Waals surface area contributed by atoms with E-state index in [0.717, 1.165) is 94.0 Å². The summed E-state index contributed by atoms with van der Waals surface area (Å²) in [6.07, 6.45) is 0. The van der Waals surface area contributed by atoms with Crippen molar-refractivity contribution in [1.29, 1.82) is 0 Å². The van der Waals surface area contributed by atoms with Gasteiger partial charge in [0, 0.05) is 33.0 Å². The molecule has 10 rings (SSSR count). The second-order valence-electron chi connectivity index (χ2n) is 12.1. The van der Waals surface area contributed by atoms with Crippen molar-refractivity contribution in [1.82, 2.24) is 4.57 Å². The van der Waals surface area contributed by atoms with Gasteiger partial charge >= 0.3 is 0 Å². The monoisotopic (exact) mass is 601 g/mol. The minimum absolute atomic E-state index is 0.876. The summed E-state index contributed by atoms with van der Waals surface area (Å²) in [5, 5.41) is 4.45. The Kier molecular flexibility index (Phi) is 5.57. The molecule has 0 fully saturated rings. The molecular formula is C44H27NO2. The molecule has 0 spiro atoms. The van der Waals surface area contributed by atoms with Gasteiger partial charge in [0.2, 0.25) is 0 Å². The Morgan fingerprint density at radius 3 is 1.70 bits per heavy atom.